The lowest BCUT2D eigenvalue weighted by Crippen LogP contribution is -2.44. The number of hydrogen-bond acceptors (Lipinski definition) is 4. The smallest absolute Gasteiger partial charge is 0.325 e. The highest BCUT2D eigenvalue weighted by Crippen LogP contribution is 2.32. The summed E-state index contributed by atoms with van der Waals surface area (Å²) in [6, 6.07) is 10.6. The summed E-state index contributed by atoms with van der Waals surface area (Å²) in [5, 5.41) is 13.1. The molecule has 0 unspecified atom stereocenters. The number of aryl methyl sites for hydroxylation is 2. The molecule has 1 saturated heterocycles. The minimum Gasteiger partial charge on any atom is -0.491 e. The van der Waals surface area contributed by atoms with Gasteiger partial charge in [-0.2, -0.15) is 0 Å². The molecule has 0 bridgehead atoms. The number of halogens is 1. The Hall–Kier alpha value is -2.93. The van der Waals surface area contributed by atoms with Crippen LogP contribution in [-0.2, 0) is 10.3 Å². The Morgan fingerprint density at radius 1 is 1.17 bits per heavy atom. The maximum absolute atomic E-state index is 13.3. The molecule has 0 saturated carbocycles. The van der Waals surface area contributed by atoms with Gasteiger partial charge in [-0.05, 0) is 49.6 Å². The first kappa shape index (κ1) is 20.8. The van der Waals surface area contributed by atoms with Gasteiger partial charge in [0.2, 0.25) is 0 Å². The third-order valence-electron chi connectivity index (χ3n) is 5.20. The van der Waals surface area contributed by atoms with Crippen molar-refractivity contribution in [3.63, 3.8) is 0 Å². The molecule has 0 spiro atoms. The molecular weight excluding hydrogens is 375 g/mol. The van der Waals surface area contributed by atoms with Crippen molar-refractivity contribution in [2.75, 3.05) is 13.2 Å². The predicted molar refractivity (Wildman–Crippen MR) is 106 cm³/mol. The first-order valence-electron chi connectivity index (χ1n) is 9.55. The quantitative estimate of drug-likeness (QED) is 0.701. The number of aliphatic hydroxyl groups is 1. The van der Waals surface area contributed by atoms with Crippen molar-refractivity contribution in [1.29, 1.82) is 0 Å². The van der Waals surface area contributed by atoms with Gasteiger partial charge in [0.1, 0.15) is 29.8 Å². The van der Waals surface area contributed by atoms with Crippen molar-refractivity contribution in [3.8, 4) is 5.75 Å². The number of aliphatic hydroxyl groups excluding tert-OH is 1. The number of hydrogen-bond donors (Lipinski definition) is 2. The first-order chi connectivity index (χ1) is 13.8. The fourth-order valence-corrected chi connectivity index (χ4v) is 3.58. The SMILES string of the molecule is CC[C@]1(c2ccc(F)cc2)NC(=O)N(C[C@H](O)COc2ccc(C)cc2C)C1=O. The Labute approximate surface area is 169 Å². The fourth-order valence-electron chi connectivity index (χ4n) is 3.58. The van der Waals surface area contributed by atoms with E-state index >= 15 is 0 Å². The summed E-state index contributed by atoms with van der Waals surface area (Å²) in [7, 11) is 0. The summed E-state index contributed by atoms with van der Waals surface area (Å²) >= 11 is 0. The topological polar surface area (TPSA) is 78.9 Å². The fraction of sp³-hybridized carbons (Fsp3) is 0.364. The van der Waals surface area contributed by atoms with Crippen LogP contribution in [0.1, 0.15) is 30.0 Å². The zero-order valence-corrected chi connectivity index (χ0v) is 16.7. The molecule has 2 N–H and O–H groups in total. The van der Waals surface area contributed by atoms with E-state index in [-0.39, 0.29) is 13.2 Å². The molecule has 154 valence electrons. The van der Waals surface area contributed by atoms with Gasteiger partial charge >= 0.3 is 6.03 Å². The van der Waals surface area contributed by atoms with Gasteiger partial charge in [0.15, 0.2) is 0 Å². The van der Waals surface area contributed by atoms with Crippen molar-refractivity contribution in [3.05, 3.63) is 65.0 Å². The molecular formula is C22H25FN2O4. The summed E-state index contributed by atoms with van der Waals surface area (Å²) in [5.41, 5.74) is 1.28. The molecule has 0 radical (unpaired) electrons. The monoisotopic (exact) mass is 400 g/mol. The van der Waals surface area contributed by atoms with E-state index in [2.05, 4.69) is 5.32 Å². The number of ether oxygens (including phenoxy) is 1. The van der Waals surface area contributed by atoms with Crippen LogP contribution in [0.5, 0.6) is 5.75 Å². The molecule has 3 amide bonds. The third kappa shape index (κ3) is 4.10. The van der Waals surface area contributed by atoms with Crippen LogP contribution in [0.2, 0.25) is 0 Å². The average Bonchev–Trinajstić information content (AvgIpc) is 2.93. The van der Waals surface area contributed by atoms with Gasteiger partial charge in [-0.15, -0.1) is 0 Å². The molecule has 1 fully saturated rings. The van der Waals surface area contributed by atoms with Crippen molar-refractivity contribution < 1.29 is 23.8 Å². The Morgan fingerprint density at radius 2 is 1.86 bits per heavy atom. The van der Waals surface area contributed by atoms with Crippen LogP contribution in [0.15, 0.2) is 42.5 Å². The Kier molecular flexibility index (Phi) is 5.88. The van der Waals surface area contributed by atoms with Gasteiger partial charge in [-0.1, -0.05) is 36.8 Å². The number of imide groups is 1. The third-order valence-corrected chi connectivity index (χ3v) is 5.20. The Bertz CT molecular complexity index is 916. The minimum atomic E-state index is -1.26. The number of urea groups is 1. The Balaban J connectivity index is 1.69. The zero-order chi connectivity index (χ0) is 21.2. The van der Waals surface area contributed by atoms with E-state index in [9.17, 15) is 19.1 Å². The van der Waals surface area contributed by atoms with Crippen LogP contribution in [0.4, 0.5) is 9.18 Å². The van der Waals surface area contributed by atoms with Gasteiger partial charge in [0.25, 0.3) is 5.91 Å². The van der Waals surface area contributed by atoms with E-state index in [1.165, 1.54) is 24.3 Å². The second-order valence-corrected chi connectivity index (χ2v) is 7.35. The highest BCUT2D eigenvalue weighted by atomic mass is 19.1. The molecule has 0 aliphatic carbocycles. The van der Waals surface area contributed by atoms with Crippen LogP contribution < -0.4 is 10.1 Å². The van der Waals surface area contributed by atoms with Gasteiger partial charge in [0, 0.05) is 0 Å². The lowest BCUT2D eigenvalue weighted by molar-refractivity contribution is -0.132. The van der Waals surface area contributed by atoms with E-state index in [4.69, 9.17) is 4.74 Å². The van der Waals surface area contributed by atoms with Gasteiger partial charge in [0.05, 0.1) is 6.54 Å². The molecule has 6 nitrogen and oxygen atoms in total. The number of rotatable bonds is 7. The number of nitrogens with one attached hydrogen (secondary N) is 1. The summed E-state index contributed by atoms with van der Waals surface area (Å²) < 4.78 is 18.9. The molecule has 1 aliphatic heterocycles. The number of β-amino-alcohol motifs (C(OH)–C–C–N with tert-alkyl or cyclic N) is 1. The van der Waals surface area contributed by atoms with Crippen molar-refractivity contribution in [1.82, 2.24) is 10.2 Å². The summed E-state index contributed by atoms with van der Waals surface area (Å²) in [5.74, 6) is -0.254. The summed E-state index contributed by atoms with van der Waals surface area (Å²) in [4.78, 5) is 26.5. The lowest BCUT2D eigenvalue weighted by Gasteiger charge is -2.26. The second-order valence-electron chi connectivity index (χ2n) is 7.35. The molecule has 7 heteroatoms. The van der Waals surface area contributed by atoms with Crippen LogP contribution in [0, 0.1) is 19.7 Å². The van der Waals surface area contributed by atoms with Crippen LogP contribution in [-0.4, -0.2) is 41.2 Å². The molecule has 2 aromatic rings. The van der Waals surface area contributed by atoms with Gasteiger partial charge in [-0.3, -0.25) is 9.69 Å². The number of nitrogens with zero attached hydrogens (tertiary/aromatic N) is 1. The van der Waals surface area contributed by atoms with Crippen LogP contribution in [0.3, 0.4) is 0 Å². The summed E-state index contributed by atoms with van der Waals surface area (Å²) in [6.45, 7) is 5.40. The molecule has 2 atom stereocenters. The highest BCUT2D eigenvalue weighted by Gasteiger charge is 2.51. The number of carbonyl (C=O) groups is 2. The zero-order valence-electron chi connectivity index (χ0n) is 16.7. The standard InChI is InChI=1S/C22H25FN2O4/c1-4-22(16-6-8-17(23)9-7-16)20(27)25(21(28)24-22)12-18(26)13-29-19-10-5-14(2)11-15(19)3/h5-11,18,26H,4,12-13H2,1-3H3,(H,24,28)/t18-,22+/m0/s1. The average molecular weight is 400 g/mol. The van der Waals surface area contributed by atoms with E-state index in [0.29, 0.717) is 17.7 Å². The first-order valence-corrected chi connectivity index (χ1v) is 9.55. The lowest BCUT2D eigenvalue weighted by atomic mass is 9.87. The molecule has 2 aromatic carbocycles. The number of benzene rings is 2. The van der Waals surface area contributed by atoms with E-state index in [0.717, 1.165) is 16.0 Å². The van der Waals surface area contributed by atoms with Crippen molar-refractivity contribution in [2.45, 2.75) is 38.8 Å². The predicted octanol–water partition coefficient (Wildman–Crippen LogP) is 3.04. The van der Waals surface area contributed by atoms with E-state index in [1.807, 2.05) is 32.0 Å². The van der Waals surface area contributed by atoms with Crippen molar-refractivity contribution >= 4 is 11.9 Å². The van der Waals surface area contributed by atoms with E-state index < -0.39 is 29.4 Å². The van der Waals surface area contributed by atoms with Gasteiger partial charge in [-0.25, -0.2) is 9.18 Å². The van der Waals surface area contributed by atoms with Crippen LogP contribution in [0.25, 0.3) is 0 Å². The van der Waals surface area contributed by atoms with Gasteiger partial charge < -0.3 is 15.2 Å². The normalized spacial score (nSPS) is 20.0. The maximum Gasteiger partial charge on any atom is 0.325 e. The van der Waals surface area contributed by atoms with E-state index in [1.54, 1.807) is 6.92 Å². The molecule has 3 rings (SSSR count). The molecule has 29 heavy (non-hydrogen) atoms. The molecule has 0 aromatic heterocycles. The van der Waals surface area contributed by atoms with Crippen LogP contribution >= 0.6 is 0 Å². The minimum absolute atomic E-state index is 0.0589. The largest absolute Gasteiger partial charge is 0.491 e. The molecule has 1 heterocycles. The Morgan fingerprint density at radius 3 is 2.48 bits per heavy atom. The highest BCUT2D eigenvalue weighted by molar-refractivity contribution is 6.07. The number of carbonyl (C=O) groups excluding carboxylic acids is 2. The van der Waals surface area contributed by atoms with Crippen molar-refractivity contribution in [2.24, 2.45) is 0 Å². The second kappa shape index (κ2) is 8.21. The number of amides is 3. The maximum atomic E-state index is 13.3. The summed E-state index contributed by atoms with van der Waals surface area (Å²) in [6.07, 6.45) is -0.749. The molecule has 1 aliphatic rings.